The highest BCUT2D eigenvalue weighted by molar-refractivity contribution is 5.79. The van der Waals surface area contributed by atoms with Crippen molar-refractivity contribution in [1.29, 1.82) is 0 Å². The van der Waals surface area contributed by atoms with Gasteiger partial charge in [-0.3, -0.25) is 0 Å². The quantitative estimate of drug-likeness (QED) is 0.856. The molecule has 4 rings (SSSR count). The molecule has 1 saturated heterocycles. The number of aromatic amines is 1. The summed E-state index contributed by atoms with van der Waals surface area (Å²) in [6.07, 6.45) is 3.16. The molecule has 0 bridgehead atoms. The van der Waals surface area contributed by atoms with Crippen LogP contribution in [0.2, 0.25) is 0 Å². The first-order chi connectivity index (χ1) is 9.40. The van der Waals surface area contributed by atoms with E-state index in [4.69, 9.17) is 14.2 Å². The molecule has 2 aliphatic heterocycles. The van der Waals surface area contributed by atoms with Gasteiger partial charge in [0.15, 0.2) is 11.5 Å². The molecule has 0 aliphatic carbocycles. The van der Waals surface area contributed by atoms with E-state index in [1.54, 1.807) is 0 Å². The van der Waals surface area contributed by atoms with E-state index >= 15 is 0 Å². The molecule has 0 saturated carbocycles. The zero-order chi connectivity index (χ0) is 12.7. The number of aromatic nitrogens is 2. The molecule has 0 spiro atoms. The third kappa shape index (κ3) is 1.94. The van der Waals surface area contributed by atoms with Gasteiger partial charge in [-0.15, -0.1) is 0 Å². The Bertz CT molecular complexity index is 559. The molecule has 0 radical (unpaired) electrons. The van der Waals surface area contributed by atoms with Crippen molar-refractivity contribution in [2.24, 2.45) is 0 Å². The number of benzene rings is 1. The van der Waals surface area contributed by atoms with Crippen LogP contribution < -0.4 is 9.47 Å². The van der Waals surface area contributed by atoms with Gasteiger partial charge in [-0.05, 0) is 12.8 Å². The second-order valence-corrected chi connectivity index (χ2v) is 4.99. The highest BCUT2D eigenvalue weighted by atomic mass is 16.5. The van der Waals surface area contributed by atoms with E-state index in [0.717, 1.165) is 54.2 Å². The van der Waals surface area contributed by atoms with Crippen LogP contribution in [0.25, 0.3) is 11.0 Å². The maximum atomic E-state index is 5.69. The summed E-state index contributed by atoms with van der Waals surface area (Å²) in [7, 11) is 0. The average Bonchev–Trinajstić information content (AvgIpc) is 3.01. The molecule has 1 atom stereocenters. The zero-order valence-electron chi connectivity index (χ0n) is 10.6. The second-order valence-electron chi connectivity index (χ2n) is 4.99. The summed E-state index contributed by atoms with van der Waals surface area (Å²) in [6.45, 7) is 2.22. The Labute approximate surface area is 110 Å². The molecule has 1 fully saturated rings. The summed E-state index contributed by atoms with van der Waals surface area (Å²) in [6, 6.07) is 3.92. The SMILES string of the molecule is c1c2c(cc3[nH]c(C4CCCO4)nc13)OCCCO2. The van der Waals surface area contributed by atoms with Gasteiger partial charge in [0.25, 0.3) is 0 Å². The number of fused-ring (bicyclic) bond motifs is 2. The highest BCUT2D eigenvalue weighted by Crippen LogP contribution is 2.35. The van der Waals surface area contributed by atoms with Crippen LogP contribution in [0.3, 0.4) is 0 Å². The normalized spacial score (nSPS) is 22.6. The summed E-state index contributed by atoms with van der Waals surface area (Å²) in [5.41, 5.74) is 1.89. The Morgan fingerprint density at radius 1 is 1.05 bits per heavy atom. The van der Waals surface area contributed by atoms with Crippen LogP contribution in [0, 0.1) is 0 Å². The number of nitrogens with one attached hydrogen (secondary N) is 1. The van der Waals surface area contributed by atoms with Crippen molar-refractivity contribution in [2.75, 3.05) is 19.8 Å². The predicted octanol–water partition coefficient (Wildman–Crippen LogP) is 2.58. The van der Waals surface area contributed by atoms with Gasteiger partial charge >= 0.3 is 0 Å². The van der Waals surface area contributed by atoms with Crippen molar-refractivity contribution < 1.29 is 14.2 Å². The number of rotatable bonds is 1. The first kappa shape index (κ1) is 11.1. The van der Waals surface area contributed by atoms with E-state index in [1.807, 2.05) is 12.1 Å². The van der Waals surface area contributed by atoms with E-state index in [1.165, 1.54) is 0 Å². The van der Waals surface area contributed by atoms with Crippen LogP contribution in [-0.4, -0.2) is 29.8 Å². The van der Waals surface area contributed by atoms with Gasteiger partial charge < -0.3 is 19.2 Å². The number of hydrogen-bond acceptors (Lipinski definition) is 4. The Morgan fingerprint density at radius 3 is 2.68 bits per heavy atom. The molecule has 1 unspecified atom stereocenters. The Kier molecular flexibility index (Phi) is 2.58. The van der Waals surface area contributed by atoms with Crippen molar-refractivity contribution in [1.82, 2.24) is 9.97 Å². The van der Waals surface area contributed by atoms with Gasteiger partial charge in [0.2, 0.25) is 0 Å². The first-order valence-electron chi connectivity index (χ1n) is 6.81. The van der Waals surface area contributed by atoms with E-state index in [-0.39, 0.29) is 6.10 Å². The maximum absolute atomic E-state index is 5.69. The van der Waals surface area contributed by atoms with Gasteiger partial charge in [0, 0.05) is 25.2 Å². The van der Waals surface area contributed by atoms with E-state index in [2.05, 4.69) is 9.97 Å². The van der Waals surface area contributed by atoms with Gasteiger partial charge in [-0.2, -0.15) is 0 Å². The number of ether oxygens (including phenoxy) is 3. The van der Waals surface area contributed by atoms with Crippen LogP contribution in [0.1, 0.15) is 31.2 Å². The Balaban J connectivity index is 1.76. The molecule has 5 heteroatoms. The molecule has 3 heterocycles. The monoisotopic (exact) mass is 260 g/mol. The molecule has 1 aromatic heterocycles. The van der Waals surface area contributed by atoms with Crippen molar-refractivity contribution >= 4 is 11.0 Å². The lowest BCUT2D eigenvalue weighted by molar-refractivity contribution is 0.106. The van der Waals surface area contributed by atoms with Crippen molar-refractivity contribution in [3.8, 4) is 11.5 Å². The second kappa shape index (κ2) is 4.42. The summed E-state index contributed by atoms with van der Waals surface area (Å²) >= 11 is 0. The third-order valence-electron chi connectivity index (χ3n) is 3.60. The number of nitrogens with zero attached hydrogens (tertiary/aromatic N) is 1. The van der Waals surface area contributed by atoms with Gasteiger partial charge in [-0.1, -0.05) is 0 Å². The summed E-state index contributed by atoms with van der Waals surface area (Å²) in [4.78, 5) is 7.95. The molecule has 0 amide bonds. The Morgan fingerprint density at radius 2 is 1.89 bits per heavy atom. The lowest BCUT2D eigenvalue weighted by atomic mass is 10.2. The molecule has 1 aromatic carbocycles. The fourth-order valence-electron chi connectivity index (χ4n) is 2.63. The average molecular weight is 260 g/mol. The molecular weight excluding hydrogens is 244 g/mol. The lowest BCUT2D eigenvalue weighted by Gasteiger charge is -2.05. The smallest absolute Gasteiger partial charge is 0.163 e. The van der Waals surface area contributed by atoms with Crippen LogP contribution in [0.15, 0.2) is 12.1 Å². The molecule has 19 heavy (non-hydrogen) atoms. The van der Waals surface area contributed by atoms with E-state index in [9.17, 15) is 0 Å². The van der Waals surface area contributed by atoms with Crippen LogP contribution in [0.5, 0.6) is 11.5 Å². The fourth-order valence-corrected chi connectivity index (χ4v) is 2.63. The topological polar surface area (TPSA) is 56.4 Å². The largest absolute Gasteiger partial charge is 0.489 e. The molecule has 5 nitrogen and oxygen atoms in total. The molecular formula is C14H16N2O3. The van der Waals surface area contributed by atoms with Crippen molar-refractivity contribution in [3.05, 3.63) is 18.0 Å². The van der Waals surface area contributed by atoms with Gasteiger partial charge in [0.05, 0.1) is 24.2 Å². The van der Waals surface area contributed by atoms with E-state index < -0.39 is 0 Å². The van der Waals surface area contributed by atoms with Crippen molar-refractivity contribution in [3.63, 3.8) is 0 Å². The van der Waals surface area contributed by atoms with Crippen LogP contribution in [-0.2, 0) is 4.74 Å². The molecule has 1 N–H and O–H groups in total. The number of H-pyrrole nitrogens is 1. The summed E-state index contributed by atoms with van der Waals surface area (Å²) in [5.74, 6) is 2.50. The van der Waals surface area contributed by atoms with Gasteiger partial charge in [0.1, 0.15) is 11.9 Å². The molecule has 2 aromatic rings. The highest BCUT2D eigenvalue weighted by Gasteiger charge is 2.22. The lowest BCUT2D eigenvalue weighted by Crippen LogP contribution is -1.98. The maximum Gasteiger partial charge on any atom is 0.163 e. The summed E-state index contributed by atoms with van der Waals surface area (Å²) < 4.78 is 17.0. The molecule has 100 valence electrons. The minimum absolute atomic E-state index is 0.106. The summed E-state index contributed by atoms with van der Waals surface area (Å²) in [5, 5.41) is 0. The minimum atomic E-state index is 0.106. The predicted molar refractivity (Wildman–Crippen MR) is 69.6 cm³/mol. The third-order valence-corrected chi connectivity index (χ3v) is 3.60. The van der Waals surface area contributed by atoms with Crippen LogP contribution >= 0.6 is 0 Å². The number of imidazole rings is 1. The zero-order valence-corrected chi connectivity index (χ0v) is 10.6. The molecule has 2 aliphatic rings. The number of hydrogen-bond donors (Lipinski definition) is 1. The van der Waals surface area contributed by atoms with Crippen LogP contribution in [0.4, 0.5) is 0 Å². The van der Waals surface area contributed by atoms with E-state index in [0.29, 0.717) is 13.2 Å². The van der Waals surface area contributed by atoms with Gasteiger partial charge in [-0.25, -0.2) is 4.98 Å². The Hall–Kier alpha value is -1.75. The minimum Gasteiger partial charge on any atom is -0.489 e. The standard InChI is InChI=1S/C14H16N2O3/c1-3-11(17-4-1)14-15-9-7-12-13(8-10(9)16-14)19-6-2-5-18-12/h7-8,11H,1-6H2,(H,15,16). The first-order valence-corrected chi connectivity index (χ1v) is 6.81. The fraction of sp³-hybridized carbons (Fsp3) is 0.500. The van der Waals surface area contributed by atoms with Crippen molar-refractivity contribution in [2.45, 2.75) is 25.4 Å².